The minimum atomic E-state index is 0.609. The normalized spacial score (nSPS) is 10.2. The molecule has 0 aliphatic rings. The molecule has 0 fully saturated rings. The fraction of sp³-hybridized carbons (Fsp3) is 0.308. The molecule has 1 heterocycles. The molecular weight excluding hydrogens is 198 g/mol. The molecule has 1 aromatic carbocycles. The maximum atomic E-state index is 8.46. The first-order chi connectivity index (χ1) is 7.83. The quantitative estimate of drug-likeness (QED) is 0.793. The average Bonchev–Trinajstić information content (AvgIpc) is 2.63. The highest BCUT2D eigenvalue weighted by molar-refractivity contribution is 5.92. The lowest BCUT2D eigenvalue weighted by Gasteiger charge is -2.02. The van der Waals surface area contributed by atoms with Gasteiger partial charge < -0.3 is 9.88 Å². The minimum Gasteiger partial charge on any atom is -0.383 e. The van der Waals surface area contributed by atoms with E-state index in [9.17, 15) is 0 Å². The van der Waals surface area contributed by atoms with Gasteiger partial charge in [-0.3, -0.25) is 0 Å². The van der Waals surface area contributed by atoms with Gasteiger partial charge >= 0.3 is 0 Å². The summed E-state index contributed by atoms with van der Waals surface area (Å²) in [6.45, 7) is 0.849. The van der Waals surface area contributed by atoms with E-state index in [0.717, 1.165) is 18.7 Å². The number of anilines is 1. The van der Waals surface area contributed by atoms with Gasteiger partial charge in [-0.1, -0.05) is 18.2 Å². The Kier molecular flexibility index (Phi) is 3.11. The molecule has 0 saturated carbocycles. The highest BCUT2D eigenvalue weighted by atomic mass is 15.0. The van der Waals surface area contributed by atoms with E-state index in [1.54, 1.807) is 0 Å². The van der Waals surface area contributed by atoms with E-state index in [1.807, 2.05) is 19.2 Å². The topological polar surface area (TPSA) is 40.8 Å². The first kappa shape index (κ1) is 10.6. The highest BCUT2D eigenvalue weighted by Gasteiger charge is 2.04. The van der Waals surface area contributed by atoms with E-state index in [2.05, 4.69) is 34.3 Å². The van der Waals surface area contributed by atoms with Gasteiger partial charge in [0.1, 0.15) is 0 Å². The molecule has 82 valence electrons. The van der Waals surface area contributed by atoms with Crippen molar-refractivity contribution in [2.45, 2.75) is 12.8 Å². The lowest BCUT2D eigenvalue weighted by Crippen LogP contribution is -2.00. The molecule has 1 aromatic heterocycles. The number of nitriles is 1. The monoisotopic (exact) mass is 213 g/mol. The predicted molar refractivity (Wildman–Crippen MR) is 66.3 cm³/mol. The van der Waals surface area contributed by atoms with Crippen LogP contribution in [0, 0.1) is 11.3 Å². The Morgan fingerprint density at radius 3 is 3.00 bits per heavy atom. The van der Waals surface area contributed by atoms with Crippen LogP contribution in [0.3, 0.4) is 0 Å². The van der Waals surface area contributed by atoms with E-state index >= 15 is 0 Å². The molecular formula is C13H15N3. The van der Waals surface area contributed by atoms with Crippen LogP contribution in [-0.4, -0.2) is 11.1 Å². The second-order valence-electron chi connectivity index (χ2n) is 3.86. The number of nitrogens with one attached hydrogen (secondary N) is 1. The van der Waals surface area contributed by atoms with Crippen LogP contribution in [0.2, 0.25) is 0 Å². The molecule has 0 amide bonds. The number of unbranched alkanes of at least 4 members (excludes halogenated alkanes) is 1. The van der Waals surface area contributed by atoms with Crippen molar-refractivity contribution in [1.82, 2.24) is 4.57 Å². The third-order valence-electron chi connectivity index (χ3n) is 2.68. The Bertz CT molecular complexity index is 519. The second-order valence-corrected chi connectivity index (χ2v) is 3.86. The zero-order valence-corrected chi connectivity index (χ0v) is 9.40. The number of fused-ring (bicyclic) bond motifs is 1. The standard InChI is InChI=1S/C13H15N3/c1-16-10-12(15-9-5-4-8-14)11-6-2-3-7-13(11)16/h2-3,6-7,10,15H,4-5,9H2,1H3. The third kappa shape index (κ3) is 2.01. The van der Waals surface area contributed by atoms with Crippen molar-refractivity contribution in [2.75, 3.05) is 11.9 Å². The summed E-state index contributed by atoms with van der Waals surface area (Å²) in [5.41, 5.74) is 2.38. The summed E-state index contributed by atoms with van der Waals surface area (Å²) in [5.74, 6) is 0. The third-order valence-corrected chi connectivity index (χ3v) is 2.68. The van der Waals surface area contributed by atoms with Crippen molar-refractivity contribution >= 4 is 16.6 Å². The molecule has 2 rings (SSSR count). The van der Waals surface area contributed by atoms with Crippen LogP contribution >= 0.6 is 0 Å². The maximum absolute atomic E-state index is 8.46. The summed E-state index contributed by atoms with van der Waals surface area (Å²) in [4.78, 5) is 0. The van der Waals surface area contributed by atoms with Crippen LogP contribution in [-0.2, 0) is 7.05 Å². The van der Waals surface area contributed by atoms with E-state index in [1.165, 1.54) is 10.9 Å². The van der Waals surface area contributed by atoms with E-state index < -0.39 is 0 Å². The zero-order valence-electron chi connectivity index (χ0n) is 9.40. The van der Waals surface area contributed by atoms with E-state index in [-0.39, 0.29) is 0 Å². The Morgan fingerprint density at radius 2 is 2.19 bits per heavy atom. The van der Waals surface area contributed by atoms with Crippen LogP contribution in [0.5, 0.6) is 0 Å². The molecule has 1 N–H and O–H groups in total. The summed E-state index contributed by atoms with van der Waals surface area (Å²) >= 11 is 0. The fourth-order valence-corrected chi connectivity index (χ4v) is 1.87. The molecule has 0 aliphatic carbocycles. The molecule has 0 bridgehead atoms. The summed E-state index contributed by atoms with van der Waals surface area (Å²) < 4.78 is 2.11. The summed E-state index contributed by atoms with van der Waals surface area (Å²) in [5, 5.41) is 13.1. The first-order valence-electron chi connectivity index (χ1n) is 5.48. The zero-order chi connectivity index (χ0) is 11.4. The molecule has 16 heavy (non-hydrogen) atoms. The summed E-state index contributed by atoms with van der Waals surface area (Å²) in [6.07, 6.45) is 3.59. The number of benzene rings is 1. The number of nitrogens with zero attached hydrogens (tertiary/aromatic N) is 2. The van der Waals surface area contributed by atoms with Crippen molar-refractivity contribution < 1.29 is 0 Å². The molecule has 0 aliphatic heterocycles. The number of hydrogen-bond acceptors (Lipinski definition) is 2. The molecule has 0 unspecified atom stereocenters. The highest BCUT2D eigenvalue weighted by Crippen LogP contribution is 2.24. The van der Waals surface area contributed by atoms with E-state index in [0.29, 0.717) is 6.42 Å². The van der Waals surface area contributed by atoms with Gasteiger partial charge in [0, 0.05) is 37.1 Å². The lowest BCUT2D eigenvalue weighted by atomic mass is 10.2. The molecule has 3 heteroatoms. The average molecular weight is 213 g/mol. The number of hydrogen-bond donors (Lipinski definition) is 1. The molecule has 2 aromatic rings. The maximum Gasteiger partial charge on any atom is 0.0622 e. The number of aromatic nitrogens is 1. The van der Waals surface area contributed by atoms with Crippen molar-refractivity contribution in [3.05, 3.63) is 30.5 Å². The van der Waals surface area contributed by atoms with Crippen LogP contribution < -0.4 is 5.32 Å². The van der Waals surface area contributed by atoms with Gasteiger partial charge in [0.05, 0.1) is 11.8 Å². The van der Waals surface area contributed by atoms with Crippen molar-refractivity contribution in [3.63, 3.8) is 0 Å². The number of rotatable bonds is 4. The van der Waals surface area contributed by atoms with Crippen molar-refractivity contribution in [3.8, 4) is 6.07 Å². The van der Waals surface area contributed by atoms with Gasteiger partial charge in [0.2, 0.25) is 0 Å². The van der Waals surface area contributed by atoms with Crippen molar-refractivity contribution in [2.24, 2.45) is 7.05 Å². The van der Waals surface area contributed by atoms with E-state index in [4.69, 9.17) is 5.26 Å². The molecule has 3 nitrogen and oxygen atoms in total. The van der Waals surface area contributed by atoms with Gasteiger partial charge in [-0.05, 0) is 12.5 Å². The van der Waals surface area contributed by atoms with Gasteiger partial charge in [-0.15, -0.1) is 0 Å². The first-order valence-corrected chi connectivity index (χ1v) is 5.48. The largest absolute Gasteiger partial charge is 0.383 e. The number of aryl methyl sites for hydroxylation is 1. The Balaban J connectivity index is 2.15. The minimum absolute atomic E-state index is 0.609. The Labute approximate surface area is 95.3 Å². The Morgan fingerprint density at radius 1 is 1.38 bits per heavy atom. The van der Waals surface area contributed by atoms with Crippen LogP contribution in [0.15, 0.2) is 30.5 Å². The molecule has 0 radical (unpaired) electrons. The van der Waals surface area contributed by atoms with Crippen LogP contribution in [0.1, 0.15) is 12.8 Å². The molecule has 0 spiro atoms. The SMILES string of the molecule is Cn1cc(NCCCC#N)c2ccccc21. The predicted octanol–water partition coefficient (Wildman–Crippen LogP) is 2.89. The van der Waals surface area contributed by atoms with Crippen molar-refractivity contribution in [1.29, 1.82) is 5.26 Å². The fourth-order valence-electron chi connectivity index (χ4n) is 1.87. The smallest absolute Gasteiger partial charge is 0.0622 e. The summed E-state index contributed by atoms with van der Waals surface area (Å²) in [7, 11) is 2.04. The second kappa shape index (κ2) is 4.71. The van der Waals surface area contributed by atoms with Gasteiger partial charge in [-0.2, -0.15) is 5.26 Å². The van der Waals surface area contributed by atoms with Gasteiger partial charge in [0.15, 0.2) is 0 Å². The molecule has 0 saturated heterocycles. The van der Waals surface area contributed by atoms with Gasteiger partial charge in [-0.25, -0.2) is 0 Å². The lowest BCUT2D eigenvalue weighted by molar-refractivity contribution is 0.895. The number of para-hydroxylation sites is 1. The van der Waals surface area contributed by atoms with Gasteiger partial charge in [0.25, 0.3) is 0 Å². The van der Waals surface area contributed by atoms with Crippen LogP contribution in [0.4, 0.5) is 5.69 Å². The Hall–Kier alpha value is -1.95. The summed E-state index contributed by atoms with van der Waals surface area (Å²) in [6, 6.07) is 10.5. The molecule has 0 atom stereocenters. The van der Waals surface area contributed by atoms with Crippen LogP contribution in [0.25, 0.3) is 10.9 Å².